The maximum Gasteiger partial charge on any atom is 0.338 e. The molecule has 6 rings (SSSR count). The minimum atomic E-state index is -0.805. The van der Waals surface area contributed by atoms with Crippen LogP contribution >= 0.6 is 0 Å². The second kappa shape index (κ2) is 10.3. The summed E-state index contributed by atoms with van der Waals surface area (Å²) in [4.78, 5) is 64.0. The van der Waals surface area contributed by atoms with Crippen molar-refractivity contribution in [1.82, 2.24) is 0 Å². The molecule has 5 atom stereocenters. The number of hydrogen-bond donors (Lipinski definition) is 1. The number of benzene rings is 3. The first-order valence-corrected chi connectivity index (χ1v) is 13.5. The first-order valence-electron chi connectivity index (χ1n) is 13.5. The van der Waals surface area contributed by atoms with Gasteiger partial charge >= 0.3 is 5.97 Å². The lowest BCUT2D eigenvalue weighted by molar-refractivity contribution is -0.385. The first kappa shape index (κ1) is 26.4. The molecule has 0 aromatic heterocycles. The van der Waals surface area contributed by atoms with Crippen molar-refractivity contribution in [3.05, 3.63) is 99.6 Å². The number of nitro benzene ring substituents is 1. The molecule has 3 aromatic rings. The van der Waals surface area contributed by atoms with Crippen LogP contribution in [-0.2, 0) is 19.1 Å². The van der Waals surface area contributed by atoms with Gasteiger partial charge in [0.25, 0.3) is 11.6 Å². The fraction of sp³-hybridized carbons (Fsp3) is 0.290. The fourth-order valence-electron chi connectivity index (χ4n) is 6.86. The van der Waals surface area contributed by atoms with Crippen molar-refractivity contribution >= 4 is 40.8 Å². The highest BCUT2D eigenvalue weighted by Gasteiger charge is 2.64. The molecule has 3 amide bonds. The van der Waals surface area contributed by atoms with Crippen LogP contribution < -0.4 is 10.2 Å². The van der Waals surface area contributed by atoms with Crippen LogP contribution in [0.4, 0.5) is 17.1 Å². The number of carbonyl (C=O) groups excluding carboxylic acids is 4. The number of imide groups is 1. The number of rotatable bonds is 7. The van der Waals surface area contributed by atoms with E-state index < -0.39 is 23.4 Å². The third kappa shape index (κ3) is 4.65. The summed E-state index contributed by atoms with van der Waals surface area (Å²) in [6.45, 7) is 0.960. The van der Waals surface area contributed by atoms with Gasteiger partial charge in [-0.1, -0.05) is 42.5 Å². The molecule has 208 valence electrons. The molecule has 1 heterocycles. The number of fused-ring (bicyclic) bond motifs is 5. The van der Waals surface area contributed by atoms with E-state index in [4.69, 9.17) is 4.74 Å². The van der Waals surface area contributed by atoms with Gasteiger partial charge in [0.1, 0.15) is 0 Å². The Morgan fingerprint density at radius 3 is 2.49 bits per heavy atom. The third-order valence-corrected chi connectivity index (χ3v) is 8.61. The average Bonchev–Trinajstić information content (AvgIpc) is 3.64. The highest BCUT2D eigenvalue weighted by Crippen LogP contribution is 2.61. The summed E-state index contributed by atoms with van der Waals surface area (Å²) < 4.78 is 5.14. The summed E-state index contributed by atoms with van der Waals surface area (Å²) in [6.07, 6.45) is 1.75. The Morgan fingerprint density at radius 1 is 0.976 bits per heavy atom. The summed E-state index contributed by atoms with van der Waals surface area (Å²) in [5.41, 5.74) is 2.09. The molecular formula is C31H27N3O7. The molecule has 3 aliphatic rings. The number of ether oxygens (including phenoxy) is 1. The lowest BCUT2D eigenvalue weighted by Gasteiger charge is -2.28. The Balaban J connectivity index is 1.12. The number of nitrogens with one attached hydrogen (secondary N) is 1. The minimum absolute atomic E-state index is 0.0871. The number of nitro groups is 1. The zero-order valence-electron chi connectivity index (χ0n) is 22.2. The van der Waals surface area contributed by atoms with Gasteiger partial charge in [-0.3, -0.25) is 29.4 Å². The Labute approximate surface area is 235 Å². The smallest absolute Gasteiger partial charge is 0.338 e. The summed E-state index contributed by atoms with van der Waals surface area (Å²) in [7, 11) is 0. The number of aryl methyl sites for hydroxylation is 1. The maximum atomic E-state index is 13.6. The van der Waals surface area contributed by atoms with E-state index in [2.05, 4.69) is 17.4 Å². The van der Waals surface area contributed by atoms with Gasteiger partial charge < -0.3 is 10.1 Å². The van der Waals surface area contributed by atoms with Gasteiger partial charge in [-0.2, -0.15) is 0 Å². The monoisotopic (exact) mass is 553 g/mol. The van der Waals surface area contributed by atoms with E-state index in [1.165, 1.54) is 40.8 Å². The quantitative estimate of drug-likeness (QED) is 0.195. The first-order chi connectivity index (χ1) is 19.7. The van der Waals surface area contributed by atoms with E-state index in [0.29, 0.717) is 11.3 Å². The number of hydrogen-bond acceptors (Lipinski definition) is 7. The predicted molar refractivity (Wildman–Crippen MR) is 148 cm³/mol. The maximum absolute atomic E-state index is 13.6. The van der Waals surface area contributed by atoms with Gasteiger partial charge in [-0.15, -0.1) is 0 Å². The Hall–Kier alpha value is -4.86. The van der Waals surface area contributed by atoms with Crippen LogP contribution in [-0.4, -0.2) is 35.2 Å². The van der Waals surface area contributed by atoms with Crippen molar-refractivity contribution in [3.8, 4) is 0 Å². The Morgan fingerprint density at radius 2 is 1.73 bits per heavy atom. The number of carbonyl (C=O) groups is 4. The van der Waals surface area contributed by atoms with E-state index in [0.717, 1.165) is 12.8 Å². The summed E-state index contributed by atoms with van der Waals surface area (Å²) >= 11 is 0. The van der Waals surface area contributed by atoms with Crippen molar-refractivity contribution < 1.29 is 28.8 Å². The molecule has 2 saturated carbocycles. The van der Waals surface area contributed by atoms with E-state index >= 15 is 0 Å². The minimum Gasteiger partial charge on any atom is -0.452 e. The fourth-order valence-corrected chi connectivity index (χ4v) is 6.86. The van der Waals surface area contributed by atoms with Crippen LogP contribution in [0.25, 0.3) is 0 Å². The third-order valence-electron chi connectivity index (χ3n) is 8.61. The van der Waals surface area contributed by atoms with E-state index in [1.54, 1.807) is 19.1 Å². The van der Waals surface area contributed by atoms with Crippen LogP contribution in [0.5, 0.6) is 0 Å². The summed E-state index contributed by atoms with van der Waals surface area (Å²) in [5, 5.41) is 13.6. The lowest BCUT2D eigenvalue weighted by Crippen LogP contribution is -2.33. The van der Waals surface area contributed by atoms with Crippen molar-refractivity contribution in [2.75, 3.05) is 16.8 Å². The molecule has 3 fully saturated rings. The van der Waals surface area contributed by atoms with Gasteiger partial charge in [-0.25, -0.2) is 4.79 Å². The van der Waals surface area contributed by atoms with Gasteiger partial charge in [0, 0.05) is 17.3 Å². The van der Waals surface area contributed by atoms with Crippen molar-refractivity contribution in [2.24, 2.45) is 23.7 Å². The van der Waals surface area contributed by atoms with Gasteiger partial charge in [0.15, 0.2) is 6.61 Å². The second-order valence-corrected chi connectivity index (χ2v) is 10.9. The van der Waals surface area contributed by atoms with Crippen LogP contribution in [0.2, 0.25) is 0 Å². The molecule has 1 aliphatic heterocycles. The molecule has 0 spiro atoms. The van der Waals surface area contributed by atoms with Crippen LogP contribution in [0.1, 0.15) is 40.2 Å². The van der Waals surface area contributed by atoms with E-state index in [-0.39, 0.29) is 58.3 Å². The lowest BCUT2D eigenvalue weighted by atomic mass is 9.73. The molecule has 3 aromatic carbocycles. The van der Waals surface area contributed by atoms with Gasteiger partial charge in [-0.05, 0) is 67.3 Å². The van der Waals surface area contributed by atoms with Crippen molar-refractivity contribution in [1.29, 1.82) is 0 Å². The Kier molecular flexibility index (Phi) is 6.61. The van der Waals surface area contributed by atoms with Crippen molar-refractivity contribution in [2.45, 2.75) is 25.7 Å². The molecule has 0 unspecified atom stereocenters. The second-order valence-electron chi connectivity index (χ2n) is 10.9. The molecular weight excluding hydrogens is 526 g/mol. The highest BCUT2D eigenvalue weighted by atomic mass is 16.6. The summed E-state index contributed by atoms with van der Waals surface area (Å²) in [6, 6.07) is 20.5. The molecule has 0 radical (unpaired) electrons. The molecule has 2 bridgehead atoms. The zero-order valence-corrected chi connectivity index (χ0v) is 22.2. The van der Waals surface area contributed by atoms with Crippen LogP contribution in [0, 0.1) is 40.7 Å². The molecule has 2 aliphatic carbocycles. The largest absolute Gasteiger partial charge is 0.452 e. The Bertz CT molecular complexity index is 1590. The van der Waals surface area contributed by atoms with E-state index in [1.807, 2.05) is 18.2 Å². The molecule has 1 N–H and O–H groups in total. The normalized spacial score (nSPS) is 24.3. The standard InChI is InChI=1S/C31H27N3O7/c1-17-10-11-21(15-25(17)34(39)40)32-26(35)16-41-31(38)19-8-5-9-22(12-19)33-29(36)27-20-13-23(18-6-3-2-4-7-18)24(14-20)28(27)30(33)37/h2-12,15,20,23-24,27-28H,13-14,16H2,1H3,(H,32,35)/t20-,23-,24+,27+,28+/m0/s1. The summed E-state index contributed by atoms with van der Waals surface area (Å²) in [5.74, 6) is -2.14. The molecule has 1 saturated heterocycles. The topological polar surface area (TPSA) is 136 Å². The highest BCUT2D eigenvalue weighted by molar-refractivity contribution is 6.23. The molecule has 10 nitrogen and oxygen atoms in total. The average molecular weight is 554 g/mol. The molecule has 10 heteroatoms. The SMILES string of the molecule is Cc1ccc(NC(=O)COC(=O)c2cccc(N3C(=O)[C@@H]4[C@@H]5C[C@@H]([C@H]4C3=O)[C@H](c3ccccc3)C5)c2)cc1[N+](=O)[O-]. The number of anilines is 2. The zero-order chi connectivity index (χ0) is 28.8. The number of esters is 1. The van der Waals surface area contributed by atoms with Crippen LogP contribution in [0.3, 0.4) is 0 Å². The predicted octanol–water partition coefficient (Wildman–Crippen LogP) is 4.63. The van der Waals surface area contributed by atoms with Crippen molar-refractivity contribution in [3.63, 3.8) is 0 Å². The van der Waals surface area contributed by atoms with Crippen LogP contribution in [0.15, 0.2) is 72.8 Å². The van der Waals surface area contributed by atoms with Gasteiger partial charge in [0.2, 0.25) is 11.8 Å². The van der Waals surface area contributed by atoms with E-state index in [9.17, 15) is 29.3 Å². The number of amides is 3. The molecule has 41 heavy (non-hydrogen) atoms. The number of nitrogens with zero attached hydrogens (tertiary/aromatic N) is 2. The van der Waals surface area contributed by atoms with Gasteiger partial charge in [0.05, 0.1) is 28.0 Å².